The Morgan fingerprint density at radius 1 is 1.44 bits per heavy atom. The van der Waals surface area contributed by atoms with Crippen LogP contribution in [-0.2, 0) is 11.3 Å². The van der Waals surface area contributed by atoms with Gasteiger partial charge in [0.2, 0.25) is 0 Å². The molecule has 1 N–H and O–H groups in total. The molecule has 98 valence electrons. The molecule has 0 radical (unpaired) electrons. The van der Waals surface area contributed by atoms with Gasteiger partial charge in [-0.05, 0) is 12.1 Å². The number of aliphatic hydroxyl groups excluding tert-OH is 1. The van der Waals surface area contributed by atoms with Gasteiger partial charge in [0.25, 0.3) is 0 Å². The molecule has 0 bridgehead atoms. The maximum Gasteiger partial charge on any atom is 0.0702 e. The number of aliphatic hydroxyl groups is 1. The zero-order chi connectivity index (χ0) is 13.4. The van der Waals surface area contributed by atoms with Crippen LogP contribution in [0.25, 0.3) is 0 Å². The molecule has 1 rings (SSSR count). The average Bonchev–Trinajstić information content (AvgIpc) is 2.39. The predicted molar refractivity (Wildman–Crippen MR) is 74.4 cm³/mol. The van der Waals surface area contributed by atoms with Gasteiger partial charge in [0.05, 0.1) is 25.7 Å². The van der Waals surface area contributed by atoms with Crippen molar-refractivity contribution < 1.29 is 9.84 Å². The second-order valence-corrected chi connectivity index (χ2v) is 4.73. The number of nitrogens with zero attached hydrogens (tertiary/aromatic N) is 2. The highest BCUT2D eigenvalue weighted by Gasteiger charge is 2.11. The van der Waals surface area contributed by atoms with Gasteiger partial charge in [-0.1, -0.05) is 22.0 Å². The van der Waals surface area contributed by atoms with Crippen molar-refractivity contribution in [2.75, 3.05) is 31.7 Å². The van der Waals surface area contributed by atoms with E-state index in [-0.39, 0.29) is 6.61 Å². The van der Waals surface area contributed by atoms with Gasteiger partial charge >= 0.3 is 0 Å². The van der Waals surface area contributed by atoms with Crippen molar-refractivity contribution in [3.05, 3.63) is 28.2 Å². The van der Waals surface area contributed by atoms with Gasteiger partial charge in [-0.3, -0.25) is 0 Å². The summed E-state index contributed by atoms with van der Waals surface area (Å²) in [5.41, 5.74) is 1.80. The van der Waals surface area contributed by atoms with Crippen LogP contribution >= 0.6 is 15.9 Å². The monoisotopic (exact) mass is 312 g/mol. The number of benzene rings is 1. The molecule has 0 saturated carbocycles. The molecule has 0 amide bonds. The van der Waals surface area contributed by atoms with Gasteiger partial charge < -0.3 is 14.7 Å². The first-order valence-corrected chi connectivity index (χ1v) is 6.52. The maximum absolute atomic E-state index is 9.37. The van der Waals surface area contributed by atoms with E-state index in [2.05, 4.69) is 26.9 Å². The zero-order valence-electron chi connectivity index (χ0n) is 10.4. The summed E-state index contributed by atoms with van der Waals surface area (Å²) in [6.45, 7) is 1.90. The highest BCUT2D eigenvalue weighted by Crippen LogP contribution is 2.25. The molecule has 18 heavy (non-hydrogen) atoms. The summed E-state index contributed by atoms with van der Waals surface area (Å²) >= 11 is 3.43. The van der Waals surface area contributed by atoms with E-state index in [1.165, 1.54) is 0 Å². The van der Waals surface area contributed by atoms with Crippen LogP contribution in [0.5, 0.6) is 0 Å². The highest BCUT2D eigenvalue weighted by molar-refractivity contribution is 9.10. The first-order valence-electron chi connectivity index (χ1n) is 5.73. The van der Waals surface area contributed by atoms with Crippen LogP contribution in [0, 0.1) is 11.3 Å². The second-order valence-electron chi connectivity index (χ2n) is 3.82. The molecule has 0 spiro atoms. The molecular formula is C13H17BrN2O2. The lowest BCUT2D eigenvalue weighted by atomic mass is 10.1. The Kier molecular flexibility index (Phi) is 6.73. The van der Waals surface area contributed by atoms with Crippen molar-refractivity contribution in [2.24, 2.45) is 0 Å². The lowest BCUT2D eigenvalue weighted by Crippen LogP contribution is -2.29. The van der Waals surface area contributed by atoms with Crippen molar-refractivity contribution in [3.8, 4) is 6.07 Å². The van der Waals surface area contributed by atoms with Crippen molar-refractivity contribution in [1.82, 2.24) is 0 Å². The summed E-state index contributed by atoms with van der Waals surface area (Å²) in [6.07, 6.45) is 0.446. The fourth-order valence-electron chi connectivity index (χ4n) is 1.70. The van der Waals surface area contributed by atoms with Crippen molar-refractivity contribution in [3.63, 3.8) is 0 Å². The van der Waals surface area contributed by atoms with E-state index in [1.54, 1.807) is 7.11 Å². The Balaban J connectivity index is 2.94. The predicted octanol–water partition coefficient (Wildman–Crippen LogP) is 2.31. The van der Waals surface area contributed by atoms with E-state index in [1.807, 2.05) is 18.2 Å². The minimum absolute atomic E-state index is 0.0152. The lowest BCUT2D eigenvalue weighted by molar-refractivity contribution is 0.205. The molecule has 1 aromatic rings. The topological polar surface area (TPSA) is 56.5 Å². The van der Waals surface area contributed by atoms with Crippen molar-refractivity contribution in [1.29, 1.82) is 5.26 Å². The van der Waals surface area contributed by atoms with Crippen LogP contribution in [0.1, 0.15) is 12.0 Å². The summed E-state index contributed by atoms with van der Waals surface area (Å²) in [5.74, 6) is 0. The van der Waals surface area contributed by atoms with Gasteiger partial charge in [-0.2, -0.15) is 5.26 Å². The van der Waals surface area contributed by atoms with Crippen LogP contribution in [0.15, 0.2) is 22.7 Å². The Morgan fingerprint density at radius 3 is 2.83 bits per heavy atom. The van der Waals surface area contributed by atoms with E-state index >= 15 is 0 Å². The first kappa shape index (κ1) is 15.0. The van der Waals surface area contributed by atoms with E-state index in [0.717, 1.165) is 15.7 Å². The molecule has 5 heteroatoms. The normalized spacial score (nSPS) is 10.1. The zero-order valence-corrected chi connectivity index (χ0v) is 12.0. The molecule has 4 nitrogen and oxygen atoms in total. The third-order valence-electron chi connectivity index (χ3n) is 2.62. The molecule has 1 aromatic carbocycles. The van der Waals surface area contributed by atoms with Crippen LogP contribution < -0.4 is 4.90 Å². The molecule has 0 atom stereocenters. The average molecular weight is 313 g/mol. The molecule has 0 unspecified atom stereocenters. The molecule has 0 aromatic heterocycles. The van der Waals surface area contributed by atoms with Gasteiger partial charge in [0.15, 0.2) is 0 Å². The molecule has 0 aliphatic carbocycles. The fourth-order valence-corrected chi connectivity index (χ4v) is 2.05. The van der Waals surface area contributed by atoms with Crippen molar-refractivity contribution >= 4 is 21.6 Å². The number of anilines is 1. The Morgan fingerprint density at radius 2 is 2.22 bits per heavy atom. The molecule has 0 aliphatic heterocycles. The van der Waals surface area contributed by atoms with E-state index in [4.69, 9.17) is 10.00 Å². The van der Waals surface area contributed by atoms with E-state index in [0.29, 0.717) is 26.1 Å². The molecular weight excluding hydrogens is 296 g/mol. The smallest absolute Gasteiger partial charge is 0.0702 e. The quantitative estimate of drug-likeness (QED) is 0.839. The molecule has 0 heterocycles. The molecule has 0 fully saturated rings. The molecule has 0 saturated heterocycles. The Bertz CT molecular complexity index is 418. The fraction of sp³-hybridized carbons (Fsp3) is 0.462. The Labute approximate surface area is 116 Å². The summed E-state index contributed by atoms with van der Waals surface area (Å²) in [6, 6.07) is 7.87. The largest absolute Gasteiger partial charge is 0.392 e. The maximum atomic E-state index is 9.37. The van der Waals surface area contributed by atoms with Crippen molar-refractivity contribution in [2.45, 2.75) is 13.0 Å². The van der Waals surface area contributed by atoms with Crippen LogP contribution in [0.2, 0.25) is 0 Å². The first-order chi connectivity index (χ1) is 8.72. The van der Waals surface area contributed by atoms with Crippen LogP contribution in [0.3, 0.4) is 0 Å². The van der Waals surface area contributed by atoms with Gasteiger partial charge in [0, 0.05) is 35.9 Å². The lowest BCUT2D eigenvalue weighted by Gasteiger charge is -2.26. The van der Waals surface area contributed by atoms with E-state index in [9.17, 15) is 5.11 Å². The summed E-state index contributed by atoms with van der Waals surface area (Å²) in [5, 5.41) is 18.1. The highest BCUT2D eigenvalue weighted by atomic mass is 79.9. The van der Waals surface area contributed by atoms with Crippen LogP contribution in [-0.4, -0.2) is 31.9 Å². The van der Waals surface area contributed by atoms with Gasteiger partial charge in [-0.25, -0.2) is 0 Å². The molecule has 0 aliphatic rings. The third kappa shape index (κ3) is 4.30. The number of halogens is 1. The summed E-state index contributed by atoms with van der Waals surface area (Å²) in [4.78, 5) is 2.06. The number of hydrogen-bond acceptors (Lipinski definition) is 4. The number of ether oxygens (including phenoxy) is 1. The number of nitriles is 1. The number of methoxy groups -OCH3 is 1. The third-order valence-corrected chi connectivity index (χ3v) is 3.11. The van der Waals surface area contributed by atoms with Gasteiger partial charge in [-0.15, -0.1) is 0 Å². The van der Waals surface area contributed by atoms with Crippen LogP contribution in [0.4, 0.5) is 5.69 Å². The van der Waals surface area contributed by atoms with Gasteiger partial charge in [0.1, 0.15) is 0 Å². The minimum Gasteiger partial charge on any atom is -0.392 e. The minimum atomic E-state index is -0.0152. The second kappa shape index (κ2) is 8.09. The summed E-state index contributed by atoms with van der Waals surface area (Å²) < 4.78 is 6.03. The Hall–Kier alpha value is -1.09. The SMILES string of the molecule is COCCN(CCC#N)c1cc(Br)ccc1CO. The van der Waals surface area contributed by atoms with E-state index < -0.39 is 0 Å². The number of rotatable bonds is 7. The number of hydrogen-bond donors (Lipinski definition) is 1. The summed E-state index contributed by atoms with van der Waals surface area (Å²) in [7, 11) is 1.65. The standard InChI is InChI=1S/C13H17BrN2O2/c1-18-8-7-16(6-2-5-15)13-9-12(14)4-3-11(13)10-17/h3-4,9,17H,2,6-8,10H2,1H3.